The highest BCUT2D eigenvalue weighted by molar-refractivity contribution is 6.74. The minimum Gasteiger partial charge on any atom is -0.415 e. The summed E-state index contributed by atoms with van der Waals surface area (Å²) >= 11 is 0. The van der Waals surface area contributed by atoms with Crippen LogP contribution in [-0.2, 0) is 13.3 Å². The van der Waals surface area contributed by atoms with Gasteiger partial charge in [-0.1, -0.05) is 33.9 Å². The minimum atomic E-state index is -1.86. The lowest BCUT2D eigenvalue weighted by molar-refractivity contribution is 0.104. The fourth-order valence-corrected chi connectivity index (χ4v) is 14.3. The van der Waals surface area contributed by atoms with Crippen LogP contribution < -0.4 is 0 Å². The quantitative estimate of drug-likeness (QED) is 0.448. The second-order valence-electron chi connectivity index (χ2n) is 8.27. The fourth-order valence-electron chi connectivity index (χ4n) is 3.33. The second-order valence-corrected chi connectivity index (χ2v) is 20.7. The van der Waals surface area contributed by atoms with E-state index in [0.717, 1.165) is 19.3 Å². The van der Waals surface area contributed by atoms with Gasteiger partial charge in [-0.3, -0.25) is 0 Å². The number of rotatable bonds is 12. The summed E-state index contributed by atoms with van der Waals surface area (Å²) in [5, 5.41) is -0.00388. The van der Waals surface area contributed by atoms with Crippen LogP contribution in [-0.4, -0.2) is 51.9 Å². The molecular formula is C17H44O3Si4. The molecule has 3 unspecified atom stereocenters. The van der Waals surface area contributed by atoms with Crippen molar-refractivity contribution in [3.8, 4) is 0 Å². The van der Waals surface area contributed by atoms with Gasteiger partial charge in [-0.25, -0.2) is 0 Å². The monoisotopic (exact) mass is 408 g/mol. The van der Waals surface area contributed by atoms with E-state index < -0.39 is 35.2 Å². The second kappa shape index (κ2) is 10.8. The van der Waals surface area contributed by atoms with Gasteiger partial charge in [-0.15, -0.1) is 0 Å². The van der Waals surface area contributed by atoms with Crippen LogP contribution in [0.5, 0.6) is 0 Å². The predicted molar refractivity (Wildman–Crippen MR) is 118 cm³/mol. The van der Waals surface area contributed by atoms with Gasteiger partial charge in [0.2, 0.25) is 17.4 Å². The van der Waals surface area contributed by atoms with Crippen molar-refractivity contribution in [1.29, 1.82) is 0 Å². The van der Waals surface area contributed by atoms with Gasteiger partial charge in [0, 0.05) is 5.73 Å². The number of hydrogen-bond acceptors (Lipinski definition) is 3. The Hall–Kier alpha value is 0.748. The van der Waals surface area contributed by atoms with Crippen LogP contribution in [0, 0.1) is 0 Å². The third-order valence-corrected chi connectivity index (χ3v) is 15.5. The Bertz CT molecular complexity index is 347. The molecule has 3 atom stereocenters. The summed E-state index contributed by atoms with van der Waals surface area (Å²) in [6, 6.07) is 0. The Morgan fingerprint density at radius 2 is 1.46 bits per heavy atom. The van der Waals surface area contributed by atoms with Crippen LogP contribution in [0.4, 0.5) is 0 Å². The van der Waals surface area contributed by atoms with Gasteiger partial charge in [0.15, 0.2) is 9.04 Å². The Morgan fingerprint density at radius 3 is 1.79 bits per heavy atom. The van der Waals surface area contributed by atoms with E-state index in [1.165, 1.54) is 0 Å². The van der Waals surface area contributed by atoms with Gasteiger partial charge in [0.1, 0.15) is 0 Å². The first-order chi connectivity index (χ1) is 11.0. The highest BCUT2D eigenvalue weighted by Gasteiger charge is 2.42. The topological polar surface area (TPSA) is 27.7 Å². The average molecular weight is 409 g/mol. The maximum Gasteiger partial charge on any atom is 0.213 e. The fraction of sp³-hybridized carbons (Fsp3) is 1.00. The molecule has 0 aromatic rings. The van der Waals surface area contributed by atoms with Crippen molar-refractivity contribution in [2.75, 3.05) is 0 Å². The lowest BCUT2D eigenvalue weighted by atomic mass is 10.2. The molecule has 0 N–H and O–H groups in total. The smallest absolute Gasteiger partial charge is 0.213 e. The molecule has 0 saturated heterocycles. The van der Waals surface area contributed by atoms with Crippen molar-refractivity contribution in [3.63, 3.8) is 0 Å². The predicted octanol–water partition coefficient (Wildman–Crippen LogP) is 4.41. The Balaban J connectivity index is 5.06. The van der Waals surface area contributed by atoms with Crippen molar-refractivity contribution in [1.82, 2.24) is 0 Å². The zero-order valence-electron chi connectivity index (χ0n) is 18.2. The van der Waals surface area contributed by atoms with E-state index in [1.807, 2.05) is 0 Å². The molecule has 7 heteroatoms. The van der Waals surface area contributed by atoms with E-state index in [1.54, 1.807) is 0 Å². The summed E-state index contributed by atoms with van der Waals surface area (Å²) in [6.07, 6.45) is 3.26. The van der Waals surface area contributed by atoms with Crippen molar-refractivity contribution in [2.24, 2.45) is 0 Å². The highest BCUT2D eigenvalue weighted by Crippen LogP contribution is 2.28. The summed E-state index contributed by atoms with van der Waals surface area (Å²) in [5.41, 5.74) is 0.715. The summed E-state index contributed by atoms with van der Waals surface area (Å²) in [6.45, 7) is 25.3. The first-order valence-corrected chi connectivity index (χ1v) is 20.9. The average Bonchev–Trinajstić information content (AvgIpc) is 2.49. The van der Waals surface area contributed by atoms with Crippen molar-refractivity contribution in [2.45, 2.75) is 109 Å². The van der Waals surface area contributed by atoms with Crippen LogP contribution in [0.3, 0.4) is 0 Å². The molecular weight excluding hydrogens is 365 g/mol. The Labute approximate surface area is 158 Å². The number of hydrogen-bond donors (Lipinski definition) is 0. The highest BCUT2D eigenvalue weighted by atomic mass is 28.4. The maximum atomic E-state index is 6.68. The Kier molecular flexibility index (Phi) is 11.1. The van der Waals surface area contributed by atoms with Crippen molar-refractivity contribution >= 4 is 35.2 Å². The lowest BCUT2D eigenvalue weighted by Gasteiger charge is -2.42. The summed E-state index contributed by atoms with van der Waals surface area (Å²) in [7, 11) is -5.18. The molecule has 0 amide bonds. The van der Waals surface area contributed by atoms with Crippen molar-refractivity contribution < 1.29 is 13.3 Å². The maximum absolute atomic E-state index is 6.68. The zero-order valence-corrected chi connectivity index (χ0v) is 22.7. The molecule has 0 heterocycles. The largest absolute Gasteiger partial charge is 0.415 e. The van der Waals surface area contributed by atoms with Gasteiger partial charge in [-0.2, -0.15) is 0 Å². The Morgan fingerprint density at radius 1 is 0.958 bits per heavy atom. The van der Waals surface area contributed by atoms with E-state index in [-0.39, 0.29) is 11.0 Å². The summed E-state index contributed by atoms with van der Waals surface area (Å²) < 4.78 is 19.8. The molecule has 146 valence electrons. The minimum absolute atomic E-state index is 0.00388. The van der Waals surface area contributed by atoms with Crippen LogP contribution in [0.25, 0.3) is 0 Å². The molecule has 0 aromatic carbocycles. The lowest BCUT2D eigenvalue weighted by Crippen LogP contribution is -2.56. The van der Waals surface area contributed by atoms with Crippen molar-refractivity contribution in [3.05, 3.63) is 0 Å². The van der Waals surface area contributed by atoms with Crippen LogP contribution in [0.2, 0.25) is 45.8 Å². The van der Waals surface area contributed by atoms with E-state index in [0.29, 0.717) is 5.73 Å². The normalized spacial score (nSPS) is 17.4. The molecule has 0 spiro atoms. The SMILES string of the molecule is CCC(O[Si](C)(C)C(C)O[SiH](C)C(CC)(CC)O[SiH](C)C)[SiH](C)C. The first-order valence-electron chi connectivity index (χ1n) is 9.96. The molecule has 0 rings (SSSR count). The molecule has 24 heavy (non-hydrogen) atoms. The van der Waals surface area contributed by atoms with E-state index >= 15 is 0 Å². The third-order valence-electron chi connectivity index (χ3n) is 5.40. The molecule has 0 aliphatic carbocycles. The zero-order chi connectivity index (χ0) is 19.1. The molecule has 0 aliphatic heterocycles. The summed E-state index contributed by atoms with van der Waals surface area (Å²) in [5.74, 6) is 0. The van der Waals surface area contributed by atoms with Gasteiger partial charge < -0.3 is 13.3 Å². The molecule has 0 fully saturated rings. The van der Waals surface area contributed by atoms with Gasteiger partial charge in [0.05, 0.1) is 19.7 Å². The van der Waals surface area contributed by atoms with Crippen LogP contribution in [0.1, 0.15) is 47.0 Å². The van der Waals surface area contributed by atoms with E-state index in [9.17, 15) is 0 Å². The van der Waals surface area contributed by atoms with Gasteiger partial charge in [-0.05, 0) is 58.9 Å². The van der Waals surface area contributed by atoms with E-state index in [2.05, 4.69) is 73.5 Å². The molecule has 0 aromatic heterocycles. The molecule has 0 saturated carbocycles. The molecule has 0 aliphatic rings. The van der Waals surface area contributed by atoms with Crippen LogP contribution >= 0.6 is 0 Å². The molecule has 3 nitrogen and oxygen atoms in total. The van der Waals surface area contributed by atoms with Gasteiger partial charge in [0.25, 0.3) is 0 Å². The van der Waals surface area contributed by atoms with Gasteiger partial charge >= 0.3 is 0 Å². The standard InChI is InChI=1S/C17H44O3Si4/c1-12-16(21(5)6)19-24(10,11)15(4)18-23(9)17(13-2,14-3)20-22(7)8/h15-16,21-23H,12-14H2,1-11H3. The summed E-state index contributed by atoms with van der Waals surface area (Å²) in [4.78, 5) is 0. The first kappa shape index (κ1) is 24.7. The third kappa shape index (κ3) is 7.17. The van der Waals surface area contributed by atoms with E-state index in [4.69, 9.17) is 13.3 Å². The van der Waals surface area contributed by atoms with Crippen LogP contribution in [0.15, 0.2) is 0 Å². The molecule has 0 radical (unpaired) electrons. The molecule has 0 bridgehead atoms.